The smallest absolute Gasteiger partial charge is 0.350 e. The molecule has 0 bridgehead atoms. The van der Waals surface area contributed by atoms with Crippen molar-refractivity contribution < 1.29 is 33.4 Å². The highest BCUT2D eigenvalue weighted by Crippen LogP contribution is 2.44. The second kappa shape index (κ2) is 9.06. The maximum absolute atomic E-state index is 13.4. The molecule has 0 saturated carbocycles. The third-order valence-corrected chi connectivity index (χ3v) is 6.47. The molecule has 4 rings (SSSR count). The Morgan fingerprint density at radius 2 is 1.85 bits per heavy atom. The van der Waals surface area contributed by atoms with Gasteiger partial charge in [0.1, 0.15) is 22.2 Å². The van der Waals surface area contributed by atoms with Crippen molar-refractivity contribution in [2.24, 2.45) is 0 Å². The predicted octanol–water partition coefficient (Wildman–Crippen LogP) is 4.01. The Labute approximate surface area is 197 Å². The summed E-state index contributed by atoms with van der Waals surface area (Å²) in [6.07, 6.45) is 0. The molecule has 1 aromatic heterocycles. The van der Waals surface area contributed by atoms with Gasteiger partial charge in [0.25, 0.3) is 5.78 Å². The molecule has 1 atom stereocenters. The lowest BCUT2D eigenvalue weighted by Crippen LogP contribution is -2.29. The van der Waals surface area contributed by atoms with Gasteiger partial charge in [-0.1, -0.05) is 23.5 Å². The van der Waals surface area contributed by atoms with E-state index in [-0.39, 0.29) is 21.1 Å². The quantitative estimate of drug-likeness (QED) is 0.253. The Morgan fingerprint density at radius 1 is 1.15 bits per heavy atom. The first-order chi connectivity index (χ1) is 16.3. The van der Waals surface area contributed by atoms with E-state index in [0.717, 1.165) is 28.4 Å². The summed E-state index contributed by atoms with van der Waals surface area (Å²) >= 11 is 0.897. The number of benzene rings is 2. The van der Waals surface area contributed by atoms with Crippen LogP contribution in [0, 0.1) is 12.7 Å². The molecule has 1 amide bonds. The topological polar surface area (TPSA) is 106 Å². The number of nitrogens with zero attached hydrogens (tertiary/aromatic N) is 2. The Morgan fingerprint density at radius 3 is 2.50 bits per heavy atom. The summed E-state index contributed by atoms with van der Waals surface area (Å²) in [7, 11) is 2.70. The van der Waals surface area contributed by atoms with Crippen LogP contribution in [0.4, 0.5) is 9.52 Å². The number of amides is 1. The molecule has 34 heavy (non-hydrogen) atoms. The Balaban J connectivity index is 1.95. The lowest BCUT2D eigenvalue weighted by molar-refractivity contribution is -0.132. The lowest BCUT2D eigenvalue weighted by atomic mass is 9.95. The van der Waals surface area contributed by atoms with Gasteiger partial charge in [-0.25, -0.2) is 14.2 Å². The Kier molecular flexibility index (Phi) is 6.16. The number of esters is 1. The number of methoxy groups -OCH3 is 2. The number of carbonyl (C=O) groups is 3. The largest absolute Gasteiger partial charge is 0.507 e. The molecule has 1 aliphatic heterocycles. The molecule has 1 fully saturated rings. The first-order valence-electron chi connectivity index (χ1n) is 10.0. The van der Waals surface area contributed by atoms with Crippen LogP contribution in [-0.4, -0.2) is 42.0 Å². The molecule has 0 radical (unpaired) electrons. The normalized spacial score (nSPS) is 17.2. The third-order valence-electron chi connectivity index (χ3n) is 5.33. The fraction of sp³-hybridized carbons (Fsp3) is 0.167. The van der Waals surface area contributed by atoms with Gasteiger partial charge in [-0.05, 0) is 48.9 Å². The number of aromatic nitrogens is 1. The van der Waals surface area contributed by atoms with Gasteiger partial charge in [-0.15, -0.1) is 0 Å². The average molecular weight is 482 g/mol. The minimum Gasteiger partial charge on any atom is -0.507 e. The second-order valence-corrected chi connectivity index (χ2v) is 8.33. The van der Waals surface area contributed by atoms with Crippen LogP contribution >= 0.6 is 11.3 Å². The molecule has 3 aromatic rings. The molecular weight excluding hydrogens is 463 g/mol. The van der Waals surface area contributed by atoms with E-state index in [4.69, 9.17) is 9.47 Å². The summed E-state index contributed by atoms with van der Waals surface area (Å²) in [6.45, 7) is 1.59. The SMILES string of the molecule is COC(=O)c1sc(N2C(=O)C(=O)/C(=C(/O)c3ccc(F)cc3)[C@H]2c2cccc(OC)c2)nc1C. The summed E-state index contributed by atoms with van der Waals surface area (Å²) in [5, 5.41) is 11.1. The predicted molar refractivity (Wildman–Crippen MR) is 122 cm³/mol. The van der Waals surface area contributed by atoms with Gasteiger partial charge in [-0.2, -0.15) is 0 Å². The van der Waals surface area contributed by atoms with E-state index >= 15 is 0 Å². The van der Waals surface area contributed by atoms with Gasteiger partial charge in [0.2, 0.25) is 0 Å². The number of aliphatic hydroxyl groups excluding tert-OH is 1. The van der Waals surface area contributed by atoms with Crippen molar-refractivity contribution in [2.45, 2.75) is 13.0 Å². The zero-order valence-electron chi connectivity index (χ0n) is 18.4. The number of thiazole rings is 1. The molecule has 1 aliphatic rings. The Bertz CT molecular complexity index is 1330. The van der Waals surface area contributed by atoms with Crippen LogP contribution in [0.15, 0.2) is 54.1 Å². The molecule has 2 aromatic carbocycles. The van der Waals surface area contributed by atoms with Crippen molar-refractivity contribution in [1.82, 2.24) is 4.98 Å². The van der Waals surface area contributed by atoms with Crippen LogP contribution in [0.1, 0.15) is 32.5 Å². The van der Waals surface area contributed by atoms with Gasteiger partial charge in [0, 0.05) is 5.56 Å². The summed E-state index contributed by atoms with van der Waals surface area (Å²) in [4.78, 5) is 44.1. The number of anilines is 1. The van der Waals surface area contributed by atoms with Gasteiger partial charge in [0.05, 0.1) is 31.5 Å². The highest BCUT2D eigenvalue weighted by molar-refractivity contribution is 7.17. The number of ketones is 1. The van der Waals surface area contributed by atoms with E-state index in [1.165, 1.54) is 26.4 Å². The maximum Gasteiger partial charge on any atom is 0.350 e. The maximum atomic E-state index is 13.4. The number of aryl methyl sites for hydroxylation is 1. The lowest BCUT2D eigenvalue weighted by Gasteiger charge is -2.23. The zero-order valence-corrected chi connectivity index (χ0v) is 19.2. The zero-order chi connectivity index (χ0) is 24.6. The summed E-state index contributed by atoms with van der Waals surface area (Å²) in [5.74, 6) is -3.01. The first-order valence-corrected chi connectivity index (χ1v) is 10.8. The molecule has 174 valence electrons. The molecule has 1 saturated heterocycles. The number of aliphatic hydroxyl groups is 1. The van der Waals surface area contributed by atoms with Crippen molar-refractivity contribution in [3.63, 3.8) is 0 Å². The van der Waals surface area contributed by atoms with E-state index in [9.17, 15) is 23.9 Å². The summed E-state index contributed by atoms with van der Waals surface area (Å²) < 4.78 is 23.5. The number of ether oxygens (including phenoxy) is 2. The van der Waals surface area contributed by atoms with Crippen molar-refractivity contribution in [1.29, 1.82) is 0 Å². The fourth-order valence-electron chi connectivity index (χ4n) is 3.69. The molecule has 10 heteroatoms. The van der Waals surface area contributed by atoms with E-state index in [1.54, 1.807) is 31.2 Å². The van der Waals surface area contributed by atoms with Crippen LogP contribution in [0.5, 0.6) is 5.75 Å². The van der Waals surface area contributed by atoms with Crippen molar-refractivity contribution in [3.05, 3.63) is 81.6 Å². The van der Waals surface area contributed by atoms with Gasteiger partial charge in [0.15, 0.2) is 5.13 Å². The molecule has 0 aliphatic carbocycles. The van der Waals surface area contributed by atoms with E-state index in [0.29, 0.717) is 17.0 Å². The molecule has 8 nitrogen and oxygen atoms in total. The minimum atomic E-state index is -1.07. The van der Waals surface area contributed by atoms with Crippen molar-refractivity contribution >= 4 is 39.9 Å². The molecule has 0 spiro atoms. The van der Waals surface area contributed by atoms with E-state index in [1.807, 2.05) is 0 Å². The standard InChI is InChI=1S/C24H19FN2O6S/c1-12-21(23(31)33-3)34-24(26-12)27-18(14-5-4-6-16(11-14)32-2)17(20(29)22(27)30)19(28)13-7-9-15(25)10-8-13/h4-11,18,28H,1-3H3/b19-17+/t18-/m1/s1. The highest BCUT2D eigenvalue weighted by Gasteiger charge is 2.48. The molecular formula is C24H19FN2O6S. The molecule has 2 heterocycles. The first kappa shape index (κ1) is 23.1. The van der Waals surface area contributed by atoms with Crippen molar-refractivity contribution in [2.75, 3.05) is 19.1 Å². The van der Waals surface area contributed by atoms with Gasteiger partial charge < -0.3 is 14.6 Å². The van der Waals surface area contributed by atoms with Gasteiger partial charge >= 0.3 is 11.9 Å². The van der Waals surface area contributed by atoms with Gasteiger partial charge in [-0.3, -0.25) is 14.5 Å². The van der Waals surface area contributed by atoms with Crippen molar-refractivity contribution in [3.8, 4) is 5.75 Å². The number of halogens is 1. The third kappa shape index (κ3) is 3.92. The van der Waals surface area contributed by atoms with Crippen LogP contribution in [-0.2, 0) is 14.3 Å². The average Bonchev–Trinajstić information content (AvgIpc) is 3.35. The number of Topliss-reactive ketones (excluding diaryl/α,β-unsaturated/α-hetero) is 1. The summed E-state index contributed by atoms with van der Waals surface area (Å²) in [6, 6.07) is 10.5. The monoisotopic (exact) mass is 482 g/mol. The molecule has 0 unspecified atom stereocenters. The second-order valence-electron chi connectivity index (χ2n) is 7.36. The van der Waals surface area contributed by atoms with E-state index in [2.05, 4.69) is 4.98 Å². The van der Waals surface area contributed by atoms with E-state index < -0.39 is 35.3 Å². The van der Waals surface area contributed by atoms with Crippen LogP contribution in [0.3, 0.4) is 0 Å². The van der Waals surface area contributed by atoms with Crippen LogP contribution < -0.4 is 9.64 Å². The fourth-order valence-corrected chi connectivity index (χ4v) is 4.70. The minimum absolute atomic E-state index is 0.0889. The number of rotatable bonds is 5. The van der Waals surface area contributed by atoms with Crippen LogP contribution in [0.25, 0.3) is 5.76 Å². The number of carbonyl (C=O) groups excluding carboxylic acids is 3. The molecule has 1 N–H and O–H groups in total. The number of hydrogen-bond acceptors (Lipinski definition) is 8. The Hall–Kier alpha value is -4.05. The summed E-state index contributed by atoms with van der Waals surface area (Å²) in [5.41, 5.74) is 0.765. The number of hydrogen-bond donors (Lipinski definition) is 1. The highest BCUT2D eigenvalue weighted by atomic mass is 32.1. The van der Waals surface area contributed by atoms with Crippen LogP contribution in [0.2, 0.25) is 0 Å².